The van der Waals surface area contributed by atoms with Gasteiger partial charge in [-0.05, 0) is 48.7 Å². The van der Waals surface area contributed by atoms with Crippen LogP contribution in [0.4, 0.5) is 5.82 Å². The van der Waals surface area contributed by atoms with E-state index in [1.54, 1.807) is 6.33 Å². The Labute approximate surface area is 228 Å². The van der Waals surface area contributed by atoms with E-state index >= 15 is 0 Å². The molecule has 2 aromatic heterocycles. The summed E-state index contributed by atoms with van der Waals surface area (Å²) in [6, 6.07) is 26.6. The van der Waals surface area contributed by atoms with Gasteiger partial charge in [-0.1, -0.05) is 60.7 Å². The van der Waals surface area contributed by atoms with E-state index < -0.39 is 0 Å². The maximum Gasteiger partial charge on any atom is 0.260 e. The molecule has 7 nitrogen and oxygen atoms in total. The molecule has 6 rings (SSSR count). The van der Waals surface area contributed by atoms with E-state index in [4.69, 9.17) is 14.7 Å². The van der Waals surface area contributed by atoms with Crippen molar-refractivity contribution in [2.75, 3.05) is 37.7 Å². The predicted molar refractivity (Wildman–Crippen MR) is 155 cm³/mol. The first kappa shape index (κ1) is 24.7. The molecule has 0 saturated carbocycles. The molecule has 1 saturated heterocycles. The van der Waals surface area contributed by atoms with Gasteiger partial charge >= 0.3 is 0 Å². The fraction of sp³-hybridized carbons (Fsp3) is 0.219. The van der Waals surface area contributed by atoms with Gasteiger partial charge in [0.2, 0.25) is 0 Å². The zero-order chi connectivity index (χ0) is 26.8. The van der Waals surface area contributed by atoms with E-state index in [1.165, 1.54) is 5.56 Å². The normalized spacial score (nSPS) is 13.6. The van der Waals surface area contributed by atoms with E-state index in [1.807, 2.05) is 42.2 Å². The second-order valence-corrected chi connectivity index (χ2v) is 9.94. The van der Waals surface area contributed by atoms with Gasteiger partial charge in [-0.2, -0.15) is 0 Å². The molecule has 1 amide bonds. The van der Waals surface area contributed by atoms with Gasteiger partial charge in [-0.25, -0.2) is 9.97 Å². The molecule has 0 N–H and O–H groups in total. The van der Waals surface area contributed by atoms with Crippen LogP contribution in [0.15, 0.2) is 91.4 Å². The van der Waals surface area contributed by atoms with Crippen molar-refractivity contribution in [1.82, 2.24) is 19.4 Å². The average Bonchev–Trinajstić information content (AvgIpc) is 3.37. The first-order valence-electron chi connectivity index (χ1n) is 13.3. The first-order chi connectivity index (χ1) is 19.1. The minimum atomic E-state index is 0.00122. The monoisotopic (exact) mass is 517 g/mol. The standard InChI is InChI=1S/C32H31N5O2/c1-23-9-8-13-26(19-23)37-20-27(25-11-4-3-5-12-25)30-31(33-22-34-32(30)37)36-17-15-35(16-18-36)29(38)21-39-28-14-7-6-10-24(28)2/h3-14,19-20,22H,15-18,21H2,1-2H3. The molecule has 3 aromatic carbocycles. The lowest BCUT2D eigenvalue weighted by Gasteiger charge is -2.35. The maximum absolute atomic E-state index is 12.9. The number of hydrogen-bond donors (Lipinski definition) is 0. The van der Waals surface area contributed by atoms with Crippen molar-refractivity contribution in [1.29, 1.82) is 0 Å². The number of aromatic nitrogens is 3. The predicted octanol–water partition coefficient (Wildman–Crippen LogP) is 5.43. The fourth-order valence-corrected chi connectivity index (χ4v) is 5.21. The lowest BCUT2D eigenvalue weighted by molar-refractivity contribution is -0.133. The van der Waals surface area contributed by atoms with Gasteiger partial charge in [0, 0.05) is 43.6 Å². The van der Waals surface area contributed by atoms with Gasteiger partial charge in [0.25, 0.3) is 5.91 Å². The summed E-state index contributed by atoms with van der Waals surface area (Å²) in [5.41, 5.74) is 6.36. The van der Waals surface area contributed by atoms with Crippen LogP contribution < -0.4 is 9.64 Å². The Morgan fingerprint density at radius 1 is 0.872 bits per heavy atom. The van der Waals surface area contributed by atoms with Crippen molar-refractivity contribution in [3.8, 4) is 22.6 Å². The lowest BCUT2D eigenvalue weighted by atomic mass is 10.1. The van der Waals surface area contributed by atoms with Crippen LogP contribution >= 0.6 is 0 Å². The zero-order valence-electron chi connectivity index (χ0n) is 22.2. The minimum absolute atomic E-state index is 0.00122. The number of anilines is 1. The smallest absolute Gasteiger partial charge is 0.260 e. The first-order valence-corrected chi connectivity index (χ1v) is 13.3. The highest BCUT2D eigenvalue weighted by Crippen LogP contribution is 2.37. The van der Waals surface area contributed by atoms with E-state index in [0.717, 1.165) is 45.0 Å². The van der Waals surface area contributed by atoms with Gasteiger partial charge in [0.1, 0.15) is 17.9 Å². The number of ether oxygens (including phenoxy) is 1. The topological polar surface area (TPSA) is 63.5 Å². The van der Waals surface area contributed by atoms with Crippen molar-refractivity contribution >= 4 is 22.8 Å². The van der Waals surface area contributed by atoms with E-state index in [2.05, 4.69) is 71.1 Å². The highest BCUT2D eigenvalue weighted by molar-refractivity contribution is 6.02. The van der Waals surface area contributed by atoms with Crippen LogP contribution in [0.2, 0.25) is 0 Å². The highest BCUT2D eigenvalue weighted by Gasteiger charge is 2.26. The number of piperazine rings is 1. The summed E-state index contributed by atoms with van der Waals surface area (Å²) < 4.78 is 7.96. The molecule has 1 aliphatic heterocycles. The molecule has 1 fully saturated rings. The van der Waals surface area contributed by atoms with Crippen LogP contribution in [0.5, 0.6) is 5.75 Å². The molecule has 39 heavy (non-hydrogen) atoms. The SMILES string of the molecule is Cc1cccc(-n2cc(-c3ccccc3)c3c(N4CCN(C(=O)COc5ccccc5C)CC4)ncnc32)c1. The van der Waals surface area contributed by atoms with Crippen molar-refractivity contribution in [3.05, 3.63) is 103 Å². The molecular formula is C32H31N5O2. The number of hydrogen-bond acceptors (Lipinski definition) is 5. The van der Waals surface area contributed by atoms with Gasteiger partial charge in [0.05, 0.1) is 5.39 Å². The van der Waals surface area contributed by atoms with Gasteiger partial charge < -0.3 is 19.1 Å². The summed E-state index contributed by atoms with van der Waals surface area (Å²) in [5, 5.41) is 1.02. The van der Waals surface area contributed by atoms with Crippen LogP contribution in [-0.2, 0) is 4.79 Å². The number of rotatable bonds is 6. The third kappa shape index (κ3) is 4.95. The van der Waals surface area contributed by atoms with Gasteiger partial charge in [0.15, 0.2) is 12.3 Å². The number of aryl methyl sites for hydroxylation is 2. The molecule has 0 unspecified atom stereocenters. The molecule has 0 bridgehead atoms. The molecule has 3 heterocycles. The second-order valence-electron chi connectivity index (χ2n) is 9.94. The fourth-order valence-electron chi connectivity index (χ4n) is 5.21. The van der Waals surface area contributed by atoms with Crippen molar-refractivity contribution in [2.45, 2.75) is 13.8 Å². The van der Waals surface area contributed by atoms with Crippen molar-refractivity contribution in [3.63, 3.8) is 0 Å². The Morgan fingerprint density at radius 2 is 1.64 bits per heavy atom. The van der Waals surface area contributed by atoms with Gasteiger partial charge in [-0.15, -0.1) is 0 Å². The Bertz CT molecular complexity index is 1620. The number of amides is 1. The Kier molecular flexibility index (Phi) is 6.71. The van der Waals surface area contributed by atoms with Crippen LogP contribution in [0, 0.1) is 13.8 Å². The highest BCUT2D eigenvalue weighted by atomic mass is 16.5. The van der Waals surface area contributed by atoms with Crippen LogP contribution in [0.3, 0.4) is 0 Å². The Hall–Kier alpha value is -4.65. The van der Waals surface area contributed by atoms with E-state index in [0.29, 0.717) is 26.2 Å². The van der Waals surface area contributed by atoms with Gasteiger partial charge in [-0.3, -0.25) is 4.79 Å². The Morgan fingerprint density at radius 3 is 2.41 bits per heavy atom. The third-order valence-corrected chi connectivity index (χ3v) is 7.30. The van der Waals surface area contributed by atoms with Crippen molar-refractivity contribution in [2.24, 2.45) is 0 Å². The molecule has 0 aliphatic carbocycles. The Balaban J connectivity index is 1.28. The molecule has 5 aromatic rings. The number of benzene rings is 3. The number of carbonyl (C=O) groups is 1. The summed E-state index contributed by atoms with van der Waals surface area (Å²) in [6.45, 7) is 6.72. The molecule has 196 valence electrons. The average molecular weight is 518 g/mol. The number of carbonyl (C=O) groups excluding carboxylic acids is 1. The molecule has 0 spiro atoms. The lowest BCUT2D eigenvalue weighted by Crippen LogP contribution is -2.50. The van der Waals surface area contributed by atoms with Crippen LogP contribution in [-0.4, -0.2) is 58.1 Å². The molecular weight excluding hydrogens is 486 g/mol. The molecule has 1 aliphatic rings. The molecule has 0 radical (unpaired) electrons. The van der Waals surface area contributed by atoms with E-state index in [-0.39, 0.29) is 12.5 Å². The summed E-state index contributed by atoms with van der Waals surface area (Å²) in [7, 11) is 0. The summed E-state index contributed by atoms with van der Waals surface area (Å²) in [5.74, 6) is 1.65. The summed E-state index contributed by atoms with van der Waals surface area (Å²) in [4.78, 5) is 26.6. The molecule has 0 atom stereocenters. The number of fused-ring (bicyclic) bond motifs is 1. The number of nitrogens with zero attached hydrogens (tertiary/aromatic N) is 5. The minimum Gasteiger partial charge on any atom is -0.484 e. The molecule has 7 heteroatoms. The summed E-state index contributed by atoms with van der Waals surface area (Å²) >= 11 is 0. The zero-order valence-corrected chi connectivity index (χ0v) is 22.2. The largest absolute Gasteiger partial charge is 0.484 e. The quantitative estimate of drug-likeness (QED) is 0.301. The summed E-state index contributed by atoms with van der Waals surface area (Å²) in [6.07, 6.45) is 3.81. The van der Waals surface area contributed by atoms with Crippen LogP contribution in [0.1, 0.15) is 11.1 Å². The van der Waals surface area contributed by atoms with Crippen molar-refractivity contribution < 1.29 is 9.53 Å². The van der Waals surface area contributed by atoms with Crippen LogP contribution in [0.25, 0.3) is 27.8 Å². The van der Waals surface area contributed by atoms with E-state index in [9.17, 15) is 4.79 Å². The second kappa shape index (κ2) is 10.6. The maximum atomic E-state index is 12.9. The third-order valence-electron chi connectivity index (χ3n) is 7.30. The number of para-hydroxylation sites is 1.